The van der Waals surface area contributed by atoms with Crippen molar-refractivity contribution < 1.29 is 4.79 Å². The van der Waals surface area contributed by atoms with E-state index >= 15 is 0 Å². The van der Waals surface area contributed by atoms with Crippen molar-refractivity contribution in [3.8, 4) is 11.1 Å². The van der Waals surface area contributed by atoms with Crippen LogP contribution < -0.4 is 10.9 Å². The van der Waals surface area contributed by atoms with Gasteiger partial charge in [0.25, 0.3) is 5.56 Å². The summed E-state index contributed by atoms with van der Waals surface area (Å²) in [4.78, 5) is 25.8. The van der Waals surface area contributed by atoms with Gasteiger partial charge in [0.05, 0.1) is 11.2 Å². The Balaban J connectivity index is 1.84. The summed E-state index contributed by atoms with van der Waals surface area (Å²) in [5, 5.41) is 4.23. The maximum atomic E-state index is 13.1. The number of fused-ring (bicyclic) bond motifs is 2. The van der Waals surface area contributed by atoms with Crippen LogP contribution >= 0.6 is 0 Å². The zero-order valence-corrected chi connectivity index (χ0v) is 15.6. The second-order valence-corrected chi connectivity index (χ2v) is 7.21. The van der Waals surface area contributed by atoms with Crippen LogP contribution in [0.3, 0.4) is 0 Å². The quantitative estimate of drug-likeness (QED) is 0.488. The van der Waals surface area contributed by atoms with Gasteiger partial charge >= 0.3 is 0 Å². The third-order valence-corrected chi connectivity index (χ3v) is 5.42. The van der Waals surface area contributed by atoms with E-state index < -0.39 is 0 Å². The van der Waals surface area contributed by atoms with Gasteiger partial charge in [0, 0.05) is 35.3 Å². The molecule has 4 heteroatoms. The second-order valence-electron chi connectivity index (χ2n) is 7.21. The predicted molar refractivity (Wildman–Crippen MR) is 113 cm³/mol. The highest BCUT2D eigenvalue weighted by Gasteiger charge is 2.27. The van der Waals surface area contributed by atoms with Crippen LogP contribution in [-0.2, 0) is 7.05 Å². The number of hydrogen-bond acceptors (Lipinski definition) is 3. The minimum atomic E-state index is -0.101. The molecule has 0 unspecified atom stereocenters. The zero-order valence-electron chi connectivity index (χ0n) is 15.6. The zero-order chi connectivity index (χ0) is 19.4. The summed E-state index contributed by atoms with van der Waals surface area (Å²) < 4.78 is 1.61. The molecule has 136 valence electrons. The van der Waals surface area contributed by atoms with Gasteiger partial charge in [-0.3, -0.25) is 9.59 Å². The maximum Gasteiger partial charge on any atom is 0.251 e. The molecule has 3 aromatic carbocycles. The maximum absolute atomic E-state index is 13.1. The van der Waals surface area contributed by atoms with Crippen LogP contribution in [0.5, 0.6) is 0 Å². The number of benzene rings is 3. The number of nitrogens with zero attached hydrogens (tertiary/aromatic N) is 1. The molecule has 1 heterocycles. The molecule has 0 radical (unpaired) electrons. The fraction of sp³-hybridized carbons (Fsp3) is 0.0833. The molecule has 4 nitrogen and oxygen atoms in total. The van der Waals surface area contributed by atoms with E-state index in [1.54, 1.807) is 17.7 Å². The molecule has 28 heavy (non-hydrogen) atoms. The van der Waals surface area contributed by atoms with E-state index in [1.165, 1.54) is 5.56 Å². The molecule has 0 bridgehead atoms. The Morgan fingerprint density at radius 3 is 2.25 bits per heavy atom. The Labute approximate surface area is 162 Å². The number of carbonyl (C=O) groups excluding carboxylic acids is 1. The molecule has 4 aromatic rings. The molecular formula is C24H18N2O2. The van der Waals surface area contributed by atoms with Gasteiger partial charge in [-0.15, -0.1) is 0 Å². The van der Waals surface area contributed by atoms with E-state index in [9.17, 15) is 9.59 Å². The smallest absolute Gasteiger partial charge is 0.251 e. The van der Waals surface area contributed by atoms with Crippen molar-refractivity contribution in [2.75, 3.05) is 5.32 Å². The highest BCUT2D eigenvalue weighted by molar-refractivity contribution is 6.26. The first kappa shape index (κ1) is 16.5. The number of carbonyl (C=O) groups is 1. The van der Waals surface area contributed by atoms with Crippen molar-refractivity contribution in [3.05, 3.63) is 93.8 Å². The number of rotatable bonds is 2. The van der Waals surface area contributed by atoms with Gasteiger partial charge in [-0.1, -0.05) is 42.0 Å². The van der Waals surface area contributed by atoms with Crippen LogP contribution in [0, 0.1) is 6.92 Å². The molecule has 0 aliphatic heterocycles. The molecular weight excluding hydrogens is 348 g/mol. The summed E-state index contributed by atoms with van der Waals surface area (Å²) in [6.45, 7) is 2.04. The van der Waals surface area contributed by atoms with Crippen LogP contribution in [0.4, 0.5) is 11.4 Å². The molecule has 0 saturated heterocycles. The molecule has 0 amide bonds. The number of aromatic nitrogens is 1. The van der Waals surface area contributed by atoms with E-state index in [4.69, 9.17) is 0 Å². The fourth-order valence-electron chi connectivity index (χ4n) is 3.97. The SMILES string of the molecule is Cc1ccc(Nc2ccc3c4c(cc(=O)n(C)c24)-c2ccccc2C3=O)cc1. The highest BCUT2D eigenvalue weighted by Crippen LogP contribution is 2.41. The molecule has 1 aromatic heterocycles. The summed E-state index contributed by atoms with van der Waals surface area (Å²) in [7, 11) is 1.75. The van der Waals surface area contributed by atoms with Crippen molar-refractivity contribution in [2.24, 2.45) is 7.05 Å². The van der Waals surface area contributed by atoms with Crippen LogP contribution in [0.1, 0.15) is 21.5 Å². The molecule has 0 saturated carbocycles. The van der Waals surface area contributed by atoms with E-state index in [0.29, 0.717) is 11.1 Å². The minimum absolute atomic E-state index is 0.00589. The summed E-state index contributed by atoms with van der Waals surface area (Å²) in [5.74, 6) is -0.00589. The van der Waals surface area contributed by atoms with Crippen molar-refractivity contribution in [2.45, 2.75) is 6.92 Å². The lowest BCUT2D eigenvalue weighted by Crippen LogP contribution is -2.21. The normalized spacial score (nSPS) is 12.1. The van der Waals surface area contributed by atoms with E-state index in [1.807, 2.05) is 67.6 Å². The average molecular weight is 366 g/mol. The third kappa shape index (κ3) is 2.31. The second kappa shape index (κ2) is 5.92. The van der Waals surface area contributed by atoms with Gasteiger partial charge in [-0.05, 0) is 42.3 Å². The first-order valence-corrected chi connectivity index (χ1v) is 9.19. The van der Waals surface area contributed by atoms with Gasteiger partial charge in [-0.2, -0.15) is 0 Å². The van der Waals surface area contributed by atoms with E-state index in [0.717, 1.165) is 33.4 Å². The van der Waals surface area contributed by atoms with Crippen molar-refractivity contribution >= 4 is 28.1 Å². The number of pyridine rings is 1. The number of aryl methyl sites for hydroxylation is 2. The lowest BCUT2D eigenvalue weighted by atomic mass is 9.84. The van der Waals surface area contributed by atoms with Crippen LogP contribution in [-0.4, -0.2) is 10.4 Å². The molecule has 5 rings (SSSR count). The van der Waals surface area contributed by atoms with Gasteiger partial charge < -0.3 is 9.88 Å². The predicted octanol–water partition coefficient (Wildman–Crippen LogP) is 4.80. The van der Waals surface area contributed by atoms with Crippen LogP contribution in [0.15, 0.2) is 71.5 Å². The van der Waals surface area contributed by atoms with Crippen LogP contribution in [0.25, 0.3) is 22.0 Å². The van der Waals surface area contributed by atoms with Crippen molar-refractivity contribution in [3.63, 3.8) is 0 Å². The summed E-state index contributed by atoms with van der Waals surface area (Å²) in [6, 6.07) is 20.9. The average Bonchev–Trinajstić information content (AvgIpc) is 2.71. The molecule has 1 aliphatic carbocycles. The van der Waals surface area contributed by atoms with Crippen molar-refractivity contribution in [1.82, 2.24) is 4.57 Å². The summed E-state index contributed by atoms with van der Waals surface area (Å²) in [6.07, 6.45) is 0. The molecule has 0 atom stereocenters. The first-order chi connectivity index (χ1) is 13.5. The van der Waals surface area contributed by atoms with Gasteiger partial charge in [0.1, 0.15) is 0 Å². The lowest BCUT2D eigenvalue weighted by Gasteiger charge is -2.23. The van der Waals surface area contributed by atoms with Gasteiger partial charge in [0.15, 0.2) is 5.78 Å². The van der Waals surface area contributed by atoms with E-state index in [2.05, 4.69) is 5.32 Å². The van der Waals surface area contributed by atoms with E-state index in [-0.39, 0.29) is 11.3 Å². The Morgan fingerprint density at radius 2 is 1.50 bits per heavy atom. The van der Waals surface area contributed by atoms with Crippen LogP contribution in [0.2, 0.25) is 0 Å². The third-order valence-electron chi connectivity index (χ3n) is 5.42. The molecule has 0 spiro atoms. The van der Waals surface area contributed by atoms with Crippen molar-refractivity contribution in [1.29, 1.82) is 0 Å². The highest BCUT2D eigenvalue weighted by atomic mass is 16.1. The molecule has 1 N–H and O–H groups in total. The fourth-order valence-corrected chi connectivity index (χ4v) is 3.97. The minimum Gasteiger partial charge on any atom is -0.354 e. The number of ketones is 1. The van der Waals surface area contributed by atoms with Gasteiger partial charge in [-0.25, -0.2) is 0 Å². The lowest BCUT2D eigenvalue weighted by molar-refractivity contribution is 0.104. The number of anilines is 2. The first-order valence-electron chi connectivity index (χ1n) is 9.19. The topological polar surface area (TPSA) is 51.1 Å². The standard InChI is InChI=1S/C24H18N2O2/c1-14-7-9-15(10-8-14)25-20-12-11-18-22-19(13-21(27)26(2)23(20)22)16-5-3-4-6-17(16)24(18)28/h3-13,25H,1-2H3. The number of nitrogens with one attached hydrogen (secondary N) is 1. The number of hydrogen-bond donors (Lipinski definition) is 1. The Bertz CT molecular complexity index is 1330. The Morgan fingerprint density at radius 1 is 0.786 bits per heavy atom. The molecule has 1 aliphatic rings. The largest absolute Gasteiger partial charge is 0.354 e. The Hall–Kier alpha value is -3.66. The summed E-state index contributed by atoms with van der Waals surface area (Å²) >= 11 is 0. The Kier molecular flexibility index (Phi) is 3.49. The monoisotopic (exact) mass is 366 g/mol. The van der Waals surface area contributed by atoms with Gasteiger partial charge in [0.2, 0.25) is 0 Å². The summed E-state index contributed by atoms with van der Waals surface area (Å²) in [5.41, 5.74) is 6.46. The molecule has 0 fully saturated rings.